The summed E-state index contributed by atoms with van der Waals surface area (Å²) in [6, 6.07) is 26.8. The average molecular weight is 483 g/mol. The standard InChI is InChI=1S/C29H30N4OS/c1-19(2)34-24-15-13-23(14-16-24)33-28(27(31-29(33)35)26-12-8-9-17-30-26)25-18-20(3)32(21(25)4)22-10-6-5-7-11-22/h5-19,27-28H,1-4H3,(H,31,35)/t27-,28+/m1/s1. The first kappa shape index (κ1) is 23.1. The Hall–Kier alpha value is -3.64. The summed E-state index contributed by atoms with van der Waals surface area (Å²) in [6.45, 7) is 8.40. The van der Waals surface area contributed by atoms with Crippen LogP contribution < -0.4 is 15.0 Å². The van der Waals surface area contributed by atoms with E-state index in [1.807, 2.05) is 50.4 Å². The van der Waals surface area contributed by atoms with Crippen molar-refractivity contribution in [3.05, 3.63) is 108 Å². The number of anilines is 1. The molecule has 4 aromatic rings. The molecule has 5 rings (SSSR count). The first-order chi connectivity index (χ1) is 16.9. The van der Waals surface area contributed by atoms with Gasteiger partial charge in [-0.05, 0) is 100 Å². The van der Waals surface area contributed by atoms with Gasteiger partial charge in [0.25, 0.3) is 0 Å². The van der Waals surface area contributed by atoms with Crippen LogP contribution >= 0.6 is 12.2 Å². The number of pyridine rings is 1. The molecule has 5 nitrogen and oxygen atoms in total. The lowest BCUT2D eigenvalue weighted by Gasteiger charge is -2.28. The Kier molecular flexibility index (Phi) is 6.31. The lowest BCUT2D eigenvalue weighted by molar-refractivity contribution is 0.242. The molecular formula is C29H30N4OS. The van der Waals surface area contributed by atoms with Gasteiger partial charge in [-0.15, -0.1) is 0 Å². The van der Waals surface area contributed by atoms with Crippen LogP contribution in [-0.4, -0.2) is 20.8 Å². The molecule has 2 atom stereocenters. The molecule has 1 fully saturated rings. The molecule has 1 saturated heterocycles. The van der Waals surface area contributed by atoms with Crippen LogP contribution in [0.25, 0.3) is 5.69 Å². The molecule has 0 spiro atoms. The second-order valence-electron chi connectivity index (χ2n) is 9.15. The summed E-state index contributed by atoms with van der Waals surface area (Å²) in [6.07, 6.45) is 1.96. The maximum absolute atomic E-state index is 5.90. The Morgan fingerprint density at radius 3 is 2.29 bits per heavy atom. The van der Waals surface area contributed by atoms with Crippen molar-refractivity contribution < 1.29 is 4.74 Å². The van der Waals surface area contributed by atoms with E-state index in [9.17, 15) is 0 Å². The molecule has 0 saturated carbocycles. The molecule has 1 aliphatic rings. The maximum Gasteiger partial charge on any atom is 0.174 e. The number of hydrogen-bond donors (Lipinski definition) is 1. The molecule has 1 aliphatic heterocycles. The monoisotopic (exact) mass is 482 g/mol. The zero-order valence-electron chi connectivity index (χ0n) is 20.5. The summed E-state index contributed by atoms with van der Waals surface area (Å²) in [5, 5.41) is 4.25. The van der Waals surface area contributed by atoms with Gasteiger partial charge < -0.3 is 19.5 Å². The van der Waals surface area contributed by atoms with Crippen molar-refractivity contribution in [2.24, 2.45) is 0 Å². The van der Waals surface area contributed by atoms with E-state index in [4.69, 9.17) is 17.0 Å². The van der Waals surface area contributed by atoms with Gasteiger partial charge in [-0.2, -0.15) is 0 Å². The highest BCUT2D eigenvalue weighted by molar-refractivity contribution is 7.80. The van der Waals surface area contributed by atoms with E-state index in [1.54, 1.807) is 0 Å². The maximum atomic E-state index is 5.90. The van der Waals surface area contributed by atoms with Crippen molar-refractivity contribution >= 4 is 23.0 Å². The summed E-state index contributed by atoms with van der Waals surface area (Å²) >= 11 is 5.90. The second-order valence-corrected chi connectivity index (χ2v) is 9.54. The van der Waals surface area contributed by atoms with Crippen molar-refractivity contribution in [3.63, 3.8) is 0 Å². The zero-order valence-corrected chi connectivity index (χ0v) is 21.3. The van der Waals surface area contributed by atoms with E-state index in [1.165, 1.54) is 17.0 Å². The molecule has 178 valence electrons. The van der Waals surface area contributed by atoms with E-state index in [-0.39, 0.29) is 18.2 Å². The van der Waals surface area contributed by atoms with Crippen LogP contribution in [0.15, 0.2) is 85.1 Å². The molecule has 0 amide bonds. The predicted octanol–water partition coefficient (Wildman–Crippen LogP) is 6.45. The Bertz CT molecular complexity index is 1320. The van der Waals surface area contributed by atoms with Crippen LogP contribution in [0.3, 0.4) is 0 Å². The number of aryl methyl sites for hydroxylation is 1. The van der Waals surface area contributed by atoms with Gasteiger partial charge in [0.2, 0.25) is 0 Å². The van der Waals surface area contributed by atoms with Crippen molar-refractivity contribution in [3.8, 4) is 11.4 Å². The fraction of sp³-hybridized carbons (Fsp3) is 0.241. The van der Waals surface area contributed by atoms with Gasteiger partial charge in [0, 0.05) is 29.0 Å². The fourth-order valence-electron chi connectivity index (χ4n) is 4.97. The van der Waals surface area contributed by atoms with Gasteiger partial charge in [-0.3, -0.25) is 4.98 Å². The third-order valence-electron chi connectivity index (χ3n) is 6.39. The Labute approximate surface area is 212 Å². The largest absolute Gasteiger partial charge is 0.491 e. The second kappa shape index (κ2) is 9.55. The first-order valence-electron chi connectivity index (χ1n) is 12.0. The van der Waals surface area contributed by atoms with Crippen LogP contribution in [0, 0.1) is 13.8 Å². The smallest absolute Gasteiger partial charge is 0.174 e. The van der Waals surface area contributed by atoms with Crippen molar-refractivity contribution in [1.82, 2.24) is 14.9 Å². The normalized spacial score (nSPS) is 17.6. The first-order valence-corrected chi connectivity index (χ1v) is 12.4. The number of benzene rings is 2. The number of rotatable bonds is 6. The number of nitrogens with one attached hydrogen (secondary N) is 1. The molecule has 3 heterocycles. The number of ether oxygens (including phenoxy) is 1. The highest BCUT2D eigenvalue weighted by Gasteiger charge is 2.42. The molecule has 0 bridgehead atoms. The third-order valence-corrected chi connectivity index (χ3v) is 6.70. The van der Waals surface area contributed by atoms with Crippen molar-refractivity contribution in [1.29, 1.82) is 0 Å². The molecule has 0 aliphatic carbocycles. The number of thiocarbonyl (C=S) groups is 1. The summed E-state index contributed by atoms with van der Waals surface area (Å²) in [7, 11) is 0. The van der Waals surface area contributed by atoms with Gasteiger partial charge in [0.15, 0.2) is 5.11 Å². The third kappa shape index (κ3) is 4.42. The molecular weight excluding hydrogens is 452 g/mol. The lowest BCUT2D eigenvalue weighted by atomic mass is 9.96. The van der Waals surface area contributed by atoms with Crippen molar-refractivity contribution in [2.45, 2.75) is 45.9 Å². The van der Waals surface area contributed by atoms with Crippen LogP contribution in [0.4, 0.5) is 5.69 Å². The van der Waals surface area contributed by atoms with Crippen LogP contribution in [0.1, 0.15) is 48.6 Å². The van der Waals surface area contributed by atoms with E-state index in [0.717, 1.165) is 22.8 Å². The molecule has 2 aromatic heterocycles. The minimum absolute atomic E-state index is 0.0575. The number of hydrogen-bond acceptors (Lipinski definition) is 3. The van der Waals surface area contributed by atoms with Gasteiger partial charge >= 0.3 is 0 Å². The van der Waals surface area contributed by atoms with Crippen LogP contribution in [-0.2, 0) is 0 Å². The number of nitrogens with zero attached hydrogens (tertiary/aromatic N) is 3. The van der Waals surface area contributed by atoms with E-state index < -0.39 is 0 Å². The topological polar surface area (TPSA) is 42.3 Å². The van der Waals surface area contributed by atoms with Crippen LogP contribution in [0.5, 0.6) is 5.75 Å². The fourth-order valence-corrected chi connectivity index (χ4v) is 5.31. The Morgan fingerprint density at radius 1 is 0.914 bits per heavy atom. The Balaban J connectivity index is 1.62. The van der Waals surface area contributed by atoms with E-state index in [2.05, 4.69) is 82.1 Å². The molecule has 0 radical (unpaired) electrons. The molecule has 1 N–H and O–H groups in total. The Morgan fingerprint density at radius 2 is 1.63 bits per heavy atom. The molecule has 2 aromatic carbocycles. The predicted molar refractivity (Wildman–Crippen MR) is 145 cm³/mol. The minimum atomic E-state index is -0.0833. The van der Waals surface area contributed by atoms with E-state index >= 15 is 0 Å². The van der Waals surface area contributed by atoms with Gasteiger partial charge in [-0.25, -0.2) is 0 Å². The summed E-state index contributed by atoms with van der Waals surface area (Å²) in [5.74, 6) is 0.849. The summed E-state index contributed by atoms with van der Waals surface area (Å²) in [5.41, 5.74) is 6.73. The SMILES string of the molecule is Cc1cc([C@H]2[C@@H](c3ccccn3)NC(=S)N2c2ccc(OC(C)C)cc2)c(C)n1-c1ccccc1. The lowest BCUT2D eigenvalue weighted by Crippen LogP contribution is -2.29. The van der Waals surface area contributed by atoms with Crippen LogP contribution in [0.2, 0.25) is 0 Å². The summed E-state index contributed by atoms with van der Waals surface area (Å²) < 4.78 is 8.18. The van der Waals surface area contributed by atoms with Gasteiger partial charge in [0.1, 0.15) is 5.75 Å². The van der Waals surface area contributed by atoms with Gasteiger partial charge in [0.05, 0.1) is 23.9 Å². The molecule has 6 heteroatoms. The summed E-state index contributed by atoms with van der Waals surface area (Å²) in [4.78, 5) is 6.90. The van der Waals surface area contributed by atoms with Crippen molar-refractivity contribution in [2.75, 3.05) is 4.90 Å². The van der Waals surface area contributed by atoms with Gasteiger partial charge in [-0.1, -0.05) is 24.3 Å². The molecule has 0 unspecified atom stereocenters. The van der Waals surface area contributed by atoms with E-state index in [0.29, 0.717) is 5.11 Å². The number of para-hydroxylation sites is 1. The highest BCUT2D eigenvalue weighted by atomic mass is 32.1. The average Bonchev–Trinajstić information content (AvgIpc) is 3.35. The zero-order chi connectivity index (χ0) is 24.5. The minimum Gasteiger partial charge on any atom is -0.491 e. The number of aromatic nitrogens is 2. The quantitative estimate of drug-likeness (QED) is 0.320. The highest BCUT2D eigenvalue weighted by Crippen LogP contribution is 2.44. The molecule has 35 heavy (non-hydrogen) atoms.